The van der Waals surface area contributed by atoms with Crippen LogP contribution in [0.4, 0.5) is 26.3 Å². The molecule has 0 N–H and O–H groups in total. The lowest BCUT2D eigenvalue weighted by atomic mass is 10.7. The number of hydrogen-bond acceptors (Lipinski definition) is 2. The summed E-state index contributed by atoms with van der Waals surface area (Å²) < 4.78 is 64.9. The van der Waals surface area contributed by atoms with Crippen LogP contribution < -0.4 is 0 Å². The Labute approximate surface area is 67.7 Å². The molecule has 0 aliphatic rings. The maximum atomic E-state index is 11.7. The van der Waals surface area contributed by atoms with Crippen LogP contribution in [0.15, 0.2) is 0 Å². The molecule has 68 valence electrons. The van der Waals surface area contributed by atoms with Crippen molar-refractivity contribution in [3.8, 4) is 0 Å². The highest BCUT2D eigenvalue weighted by Gasteiger charge is 2.49. The second-order valence-corrected chi connectivity index (χ2v) is 3.58. The van der Waals surface area contributed by atoms with Crippen molar-refractivity contribution in [2.24, 2.45) is 0 Å². The molecule has 0 aromatic heterocycles. The summed E-state index contributed by atoms with van der Waals surface area (Å²) in [6, 6.07) is 0. The Morgan fingerprint density at radius 1 is 1.09 bits per heavy atom. The fraction of sp³-hybridized carbons (Fsp3) is 1.00. The van der Waals surface area contributed by atoms with Gasteiger partial charge in [0.1, 0.15) is 0 Å². The average Bonchev–Trinajstić information content (AvgIpc) is 1.56. The van der Waals surface area contributed by atoms with Gasteiger partial charge in [0.25, 0.3) is 0 Å². The summed E-state index contributed by atoms with van der Waals surface area (Å²) >= 11 is 0.874. The standard InChI is InChI=1S/C3H2F6S2/c4-1(5)2(6,7)11-3(8,9)10/h1,10H. The molecule has 0 saturated heterocycles. The Hall–Kier alpha value is 0.280. The predicted octanol–water partition coefficient (Wildman–Crippen LogP) is 3.06. The number of thioether (sulfide) groups is 1. The molecule has 0 bridgehead atoms. The monoisotopic (exact) mass is 216 g/mol. The highest BCUT2D eigenvalue weighted by molar-refractivity contribution is 8.11. The smallest absolute Gasteiger partial charge is 0.202 e. The Balaban J connectivity index is 4.13. The van der Waals surface area contributed by atoms with Crippen molar-refractivity contribution in [2.75, 3.05) is 0 Å². The van der Waals surface area contributed by atoms with E-state index in [4.69, 9.17) is 0 Å². The summed E-state index contributed by atoms with van der Waals surface area (Å²) in [5, 5.41) is -4.76. The maximum absolute atomic E-state index is 11.7. The molecule has 0 aliphatic heterocycles. The summed E-state index contributed by atoms with van der Waals surface area (Å²) in [7, 11) is 0. The third-order valence-corrected chi connectivity index (χ3v) is 1.48. The van der Waals surface area contributed by atoms with Gasteiger partial charge in [-0.25, -0.2) is 8.78 Å². The fourth-order valence-corrected chi connectivity index (χ4v) is 0.990. The molecule has 0 heterocycles. The Kier molecular flexibility index (Phi) is 3.43. The van der Waals surface area contributed by atoms with Gasteiger partial charge >= 0.3 is 16.3 Å². The van der Waals surface area contributed by atoms with Gasteiger partial charge in [0, 0.05) is 11.8 Å². The van der Waals surface area contributed by atoms with Gasteiger partial charge in [-0.05, 0) is 0 Å². The number of hydrogen-bond donors (Lipinski definition) is 1. The molecular weight excluding hydrogens is 214 g/mol. The highest BCUT2D eigenvalue weighted by atomic mass is 32.2. The van der Waals surface area contributed by atoms with Crippen LogP contribution in [0, 0.1) is 0 Å². The van der Waals surface area contributed by atoms with Gasteiger partial charge in [0.2, 0.25) is 0 Å². The predicted molar refractivity (Wildman–Crippen MR) is 32.5 cm³/mol. The molecule has 0 rings (SSSR count). The number of halogens is 6. The average molecular weight is 216 g/mol. The lowest BCUT2D eigenvalue weighted by Gasteiger charge is -2.17. The SMILES string of the molecule is FC(F)C(F)(F)SC(F)(F)S. The fourth-order valence-electron chi connectivity index (χ4n) is 0.208. The molecule has 0 nitrogen and oxygen atoms in total. The summed E-state index contributed by atoms with van der Waals surface area (Å²) in [6.07, 6.45) is -4.12. The van der Waals surface area contributed by atoms with Crippen LogP contribution in [0.5, 0.6) is 0 Å². The van der Waals surface area contributed by atoms with Crippen molar-refractivity contribution in [3.63, 3.8) is 0 Å². The third kappa shape index (κ3) is 4.67. The van der Waals surface area contributed by atoms with E-state index in [-0.39, 0.29) is 0 Å². The van der Waals surface area contributed by atoms with Gasteiger partial charge in [-0.15, -0.1) is 0 Å². The van der Waals surface area contributed by atoms with Crippen molar-refractivity contribution in [1.82, 2.24) is 0 Å². The van der Waals surface area contributed by atoms with E-state index < -0.39 is 28.0 Å². The quantitative estimate of drug-likeness (QED) is 0.429. The second kappa shape index (κ2) is 3.34. The van der Waals surface area contributed by atoms with E-state index in [1.54, 1.807) is 0 Å². The van der Waals surface area contributed by atoms with Crippen molar-refractivity contribution in [3.05, 3.63) is 0 Å². The molecule has 0 spiro atoms. The topological polar surface area (TPSA) is 0 Å². The Bertz CT molecular complexity index is 128. The van der Waals surface area contributed by atoms with Gasteiger partial charge in [-0.3, -0.25) is 0 Å². The van der Waals surface area contributed by atoms with Crippen molar-refractivity contribution >= 4 is 24.4 Å². The molecule has 0 saturated carbocycles. The summed E-state index contributed by atoms with van der Waals surface area (Å²) in [6.45, 7) is 0. The lowest BCUT2D eigenvalue weighted by Crippen LogP contribution is -2.25. The molecule has 0 aromatic rings. The molecule has 0 aliphatic carbocycles. The number of rotatable bonds is 3. The minimum absolute atomic E-state index is 1.49. The van der Waals surface area contributed by atoms with E-state index >= 15 is 0 Å². The molecular formula is C3H2F6S2. The molecule has 11 heavy (non-hydrogen) atoms. The van der Waals surface area contributed by atoms with Crippen molar-refractivity contribution < 1.29 is 26.3 Å². The van der Waals surface area contributed by atoms with Crippen molar-refractivity contribution in [2.45, 2.75) is 16.3 Å². The summed E-state index contributed by atoms with van der Waals surface area (Å²) in [5.41, 5.74) is 0. The first-order valence-corrected chi connectivity index (χ1v) is 3.38. The van der Waals surface area contributed by atoms with Crippen LogP contribution in [0.25, 0.3) is 0 Å². The maximum Gasteiger partial charge on any atom is 0.359 e. The zero-order valence-corrected chi connectivity index (χ0v) is 6.41. The summed E-state index contributed by atoms with van der Waals surface area (Å²) in [4.78, 5) is 0. The molecule has 0 aromatic carbocycles. The lowest BCUT2D eigenvalue weighted by molar-refractivity contribution is -0.0591. The van der Waals surface area contributed by atoms with E-state index in [2.05, 4.69) is 12.6 Å². The van der Waals surface area contributed by atoms with E-state index in [1.807, 2.05) is 0 Å². The van der Waals surface area contributed by atoms with Crippen molar-refractivity contribution in [1.29, 1.82) is 0 Å². The largest absolute Gasteiger partial charge is 0.359 e. The molecule has 8 heteroatoms. The molecule has 0 unspecified atom stereocenters. The van der Waals surface area contributed by atoms with E-state index in [0.717, 1.165) is 0 Å². The van der Waals surface area contributed by atoms with Crippen LogP contribution >= 0.6 is 24.4 Å². The van der Waals surface area contributed by atoms with Crippen LogP contribution in [0.2, 0.25) is 0 Å². The molecule has 0 amide bonds. The molecule has 0 fully saturated rings. The molecule has 0 atom stereocenters. The molecule has 0 radical (unpaired) electrons. The number of alkyl halides is 6. The summed E-state index contributed by atoms with van der Waals surface area (Å²) in [5.74, 6) is 0. The van der Waals surface area contributed by atoms with Gasteiger partial charge < -0.3 is 0 Å². The first-order valence-electron chi connectivity index (χ1n) is 2.11. The minimum Gasteiger partial charge on any atom is -0.202 e. The van der Waals surface area contributed by atoms with Gasteiger partial charge in [0.15, 0.2) is 0 Å². The van der Waals surface area contributed by atoms with Crippen LogP contribution in [-0.2, 0) is 0 Å². The van der Waals surface area contributed by atoms with E-state index in [1.165, 1.54) is 0 Å². The first-order chi connectivity index (χ1) is 4.65. The minimum atomic E-state index is -4.76. The van der Waals surface area contributed by atoms with E-state index in [9.17, 15) is 26.3 Å². The zero-order chi connectivity index (χ0) is 9.28. The van der Waals surface area contributed by atoms with Gasteiger partial charge in [-0.1, -0.05) is 12.6 Å². The van der Waals surface area contributed by atoms with Crippen LogP contribution in [-0.4, -0.2) is 16.3 Å². The second-order valence-electron chi connectivity index (χ2n) is 1.45. The van der Waals surface area contributed by atoms with Crippen LogP contribution in [0.3, 0.4) is 0 Å². The van der Waals surface area contributed by atoms with Gasteiger partial charge in [0.05, 0.1) is 0 Å². The Morgan fingerprint density at radius 2 is 1.45 bits per heavy atom. The zero-order valence-electron chi connectivity index (χ0n) is 4.70. The Morgan fingerprint density at radius 3 is 1.55 bits per heavy atom. The first kappa shape index (κ1) is 11.3. The van der Waals surface area contributed by atoms with Gasteiger partial charge in [-0.2, -0.15) is 17.6 Å². The third-order valence-electron chi connectivity index (χ3n) is 0.513. The normalized spacial score (nSPS) is 14.2. The van der Waals surface area contributed by atoms with E-state index in [0.29, 0.717) is 0 Å². The van der Waals surface area contributed by atoms with Crippen LogP contribution in [0.1, 0.15) is 0 Å². The highest BCUT2D eigenvalue weighted by Crippen LogP contribution is 2.46. The number of thiol groups is 1.